The third-order valence-corrected chi connectivity index (χ3v) is 4.69. The predicted octanol–water partition coefficient (Wildman–Crippen LogP) is 5.93. The van der Waals surface area contributed by atoms with E-state index in [9.17, 15) is 0 Å². The van der Waals surface area contributed by atoms with Crippen LogP contribution in [-0.2, 0) is 4.74 Å². The van der Waals surface area contributed by atoms with E-state index < -0.39 is 0 Å². The van der Waals surface area contributed by atoms with E-state index in [-0.39, 0.29) is 5.60 Å². The first-order valence-electron chi connectivity index (χ1n) is 8.64. The summed E-state index contributed by atoms with van der Waals surface area (Å²) >= 11 is 0. The Balaban J connectivity index is 2.86. The second-order valence-electron chi connectivity index (χ2n) is 6.75. The van der Waals surface area contributed by atoms with Gasteiger partial charge in [0.05, 0.1) is 0 Å². The molecule has 0 saturated carbocycles. The maximum atomic E-state index is 5.76. The summed E-state index contributed by atoms with van der Waals surface area (Å²) in [6.07, 6.45) is 6.61. The number of hydrogen-bond acceptors (Lipinski definition) is 2. The SMILES string of the molecule is CCCC(CCC)c1ccc(C(C)C(C)(C)OC=NC)cc1. The van der Waals surface area contributed by atoms with Crippen LogP contribution in [0, 0.1) is 0 Å². The highest BCUT2D eigenvalue weighted by Crippen LogP contribution is 2.32. The average molecular weight is 303 g/mol. The summed E-state index contributed by atoms with van der Waals surface area (Å²) < 4.78 is 5.76. The fourth-order valence-electron chi connectivity index (χ4n) is 2.92. The molecule has 0 aliphatic carbocycles. The summed E-state index contributed by atoms with van der Waals surface area (Å²) in [7, 11) is 1.73. The van der Waals surface area contributed by atoms with Crippen LogP contribution in [0.4, 0.5) is 0 Å². The van der Waals surface area contributed by atoms with E-state index in [4.69, 9.17) is 4.74 Å². The quantitative estimate of drug-likeness (QED) is 0.409. The van der Waals surface area contributed by atoms with Crippen LogP contribution in [-0.4, -0.2) is 19.0 Å². The van der Waals surface area contributed by atoms with E-state index in [1.807, 2.05) is 0 Å². The predicted molar refractivity (Wildman–Crippen MR) is 97.0 cm³/mol. The second-order valence-corrected chi connectivity index (χ2v) is 6.75. The highest BCUT2D eigenvalue weighted by Gasteiger charge is 2.28. The second kappa shape index (κ2) is 8.97. The Morgan fingerprint density at radius 2 is 1.55 bits per heavy atom. The minimum atomic E-state index is -0.257. The van der Waals surface area contributed by atoms with Gasteiger partial charge >= 0.3 is 0 Å². The van der Waals surface area contributed by atoms with Crippen molar-refractivity contribution >= 4 is 6.40 Å². The Morgan fingerprint density at radius 1 is 1.05 bits per heavy atom. The molecule has 1 rings (SSSR count). The van der Waals surface area contributed by atoms with Gasteiger partial charge in [0.25, 0.3) is 0 Å². The molecule has 1 atom stereocenters. The van der Waals surface area contributed by atoms with Crippen LogP contribution in [0.2, 0.25) is 0 Å². The van der Waals surface area contributed by atoms with Gasteiger partial charge in [-0.25, -0.2) is 0 Å². The zero-order valence-electron chi connectivity index (χ0n) is 15.2. The molecule has 0 fully saturated rings. The first-order chi connectivity index (χ1) is 10.5. The van der Waals surface area contributed by atoms with Gasteiger partial charge in [-0.3, -0.25) is 4.99 Å². The molecule has 2 heteroatoms. The van der Waals surface area contributed by atoms with Crippen LogP contribution in [0.25, 0.3) is 0 Å². The van der Waals surface area contributed by atoms with Crippen molar-refractivity contribution in [2.45, 2.75) is 77.7 Å². The molecule has 0 spiro atoms. The molecule has 124 valence electrons. The summed E-state index contributed by atoms with van der Waals surface area (Å²) in [5, 5.41) is 0. The lowest BCUT2D eigenvalue weighted by molar-refractivity contribution is 0.0788. The first kappa shape index (κ1) is 18.7. The van der Waals surface area contributed by atoms with Crippen LogP contribution in [0.1, 0.15) is 83.3 Å². The molecule has 22 heavy (non-hydrogen) atoms. The zero-order chi connectivity index (χ0) is 16.6. The Kier molecular flexibility index (Phi) is 7.64. The van der Waals surface area contributed by atoms with Gasteiger partial charge in [0, 0.05) is 13.0 Å². The summed E-state index contributed by atoms with van der Waals surface area (Å²) in [5.41, 5.74) is 2.55. The highest BCUT2D eigenvalue weighted by molar-refractivity contribution is 5.47. The molecule has 0 aliphatic rings. The number of aliphatic imine (C=N–C) groups is 1. The lowest BCUT2D eigenvalue weighted by Crippen LogP contribution is -2.30. The summed E-state index contributed by atoms with van der Waals surface area (Å²) in [6, 6.07) is 9.16. The minimum absolute atomic E-state index is 0.257. The van der Waals surface area contributed by atoms with Gasteiger partial charge in [0.15, 0.2) is 6.40 Å². The molecule has 0 N–H and O–H groups in total. The lowest BCUT2D eigenvalue weighted by Gasteiger charge is -2.31. The molecule has 0 amide bonds. The molecular weight excluding hydrogens is 270 g/mol. The van der Waals surface area contributed by atoms with Crippen LogP contribution < -0.4 is 0 Å². The normalized spacial score (nSPS) is 13.8. The highest BCUT2D eigenvalue weighted by atomic mass is 16.5. The summed E-state index contributed by atoms with van der Waals surface area (Å²) in [4.78, 5) is 3.93. The number of rotatable bonds is 9. The van der Waals surface area contributed by atoms with Crippen LogP contribution >= 0.6 is 0 Å². The topological polar surface area (TPSA) is 21.6 Å². The molecule has 0 aromatic heterocycles. The van der Waals surface area contributed by atoms with Crippen molar-refractivity contribution in [1.82, 2.24) is 0 Å². The van der Waals surface area contributed by atoms with Gasteiger partial charge in [-0.1, -0.05) is 57.9 Å². The maximum absolute atomic E-state index is 5.76. The third-order valence-electron chi connectivity index (χ3n) is 4.69. The average Bonchev–Trinajstić information content (AvgIpc) is 2.52. The van der Waals surface area contributed by atoms with E-state index in [2.05, 4.69) is 63.9 Å². The van der Waals surface area contributed by atoms with Crippen molar-refractivity contribution in [1.29, 1.82) is 0 Å². The smallest absolute Gasteiger partial charge is 0.169 e. The van der Waals surface area contributed by atoms with Gasteiger partial charge < -0.3 is 4.74 Å². The van der Waals surface area contributed by atoms with E-state index in [0.717, 1.165) is 0 Å². The van der Waals surface area contributed by atoms with Gasteiger partial charge in [0.2, 0.25) is 0 Å². The summed E-state index contributed by atoms with van der Waals surface area (Å²) in [5.74, 6) is 1.02. The van der Waals surface area contributed by atoms with Crippen LogP contribution in [0.3, 0.4) is 0 Å². The minimum Gasteiger partial charge on any atom is -0.477 e. The summed E-state index contributed by atoms with van der Waals surface area (Å²) in [6.45, 7) is 11.0. The molecule has 0 saturated heterocycles. The van der Waals surface area contributed by atoms with Crippen LogP contribution in [0.5, 0.6) is 0 Å². The van der Waals surface area contributed by atoms with Crippen molar-refractivity contribution in [3.8, 4) is 0 Å². The number of hydrogen-bond donors (Lipinski definition) is 0. The molecule has 0 heterocycles. The van der Waals surface area contributed by atoms with Gasteiger partial charge in [0.1, 0.15) is 5.60 Å². The molecule has 0 bridgehead atoms. The Hall–Kier alpha value is -1.31. The van der Waals surface area contributed by atoms with Gasteiger partial charge in [-0.15, -0.1) is 0 Å². The largest absolute Gasteiger partial charge is 0.477 e. The molecule has 1 aromatic rings. The molecule has 0 aliphatic heterocycles. The van der Waals surface area contributed by atoms with Crippen molar-refractivity contribution in [2.75, 3.05) is 7.05 Å². The molecule has 1 unspecified atom stereocenters. The fourth-order valence-corrected chi connectivity index (χ4v) is 2.92. The number of ether oxygens (including phenoxy) is 1. The van der Waals surface area contributed by atoms with Crippen LogP contribution in [0.15, 0.2) is 29.3 Å². The fraction of sp³-hybridized carbons (Fsp3) is 0.650. The van der Waals surface area contributed by atoms with Crippen molar-refractivity contribution in [3.05, 3.63) is 35.4 Å². The maximum Gasteiger partial charge on any atom is 0.169 e. The van der Waals surface area contributed by atoms with Crippen molar-refractivity contribution < 1.29 is 4.74 Å². The first-order valence-corrected chi connectivity index (χ1v) is 8.64. The molecule has 0 radical (unpaired) electrons. The van der Waals surface area contributed by atoms with E-state index in [0.29, 0.717) is 11.8 Å². The Labute approximate surface area is 137 Å². The number of nitrogens with zero attached hydrogens (tertiary/aromatic N) is 1. The Bertz CT molecular complexity index is 441. The lowest BCUT2D eigenvalue weighted by atomic mass is 9.84. The van der Waals surface area contributed by atoms with Gasteiger partial charge in [-0.05, 0) is 43.7 Å². The standard InChI is InChI=1S/C20H33NO/c1-7-9-18(10-8-2)19-13-11-17(12-14-19)16(3)20(4,5)22-15-21-6/h11-16,18H,7-10H2,1-6H3. The third kappa shape index (κ3) is 5.15. The van der Waals surface area contributed by atoms with Crippen molar-refractivity contribution in [3.63, 3.8) is 0 Å². The Morgan fingerprint density at radius 3 is 2.00 bits per heavy atom. The number of benzene rings is 1. The molecular formula is C20H33NO. The molecule has 2 nitrogen and oxygen atoms in total. The van der Waals surface area contributed by atoms with Crippen molar-refractivity contribution in [2.24, 2.45) is 4.99 Å². The van der Waals surface area contributed by atoms with Gasteiger partial charge in [-0.2, -0.15) is 0 Å². The van der Waals surface area contributed by atoms with E-state index in [1.54, 1.807) is 13.4 Å². The molecule has 1 aromatic carbocycles. The van der Waals surface area contributed by atoms with E-state index >= 15 is 0 Å². The zero-order valence-corrected chi connectivity index (χ0v) is 15.2. The monoisotopic (exact) mass is 303 g/mol. The van der Waals surface area contributed by atoms with E-state index in [1.165, 1.54) is 36.8 Å².